The van der Waals surface area contributed by atoms with Crippen molar-refractivity contribution in [3.05, 3.63) is 32.2 Å². The third-order valence-electron chi connectivity index (χ3n) is 3.28. The number of aromatic nitrogens is 2. The van der Waals surface area contributed by atoms with Crippen LogP contribution in [0, 0.1) is 0 Å². The first kappa shape index (κ1) is 19.6. The molecule has 2 aromatic heterocycles. The van der Waals surface area contributed by atoms with Gasteiger partial charge in [-0.2, -0.15) is 13.2 Å². The Morgan fingerprint density at radius 1 is 1.20 bits per heavy atom. The summed E-state index contributed by atoms with van der Waals surface area (Å²) in [6.07, 6.45) is -0.286. The molecule has 25 heavy (non-hydrogen) atoms. The first-order valence-electron chi connectivity index (χ1n) is 7.82. The summed E-state index contributed by atoms with van der Waals surface area (Å²) in [4.78, 5) is 13.3. The minimum absolute atomic E-state index is 0.411. The molecule has 2 aromatic rings. The van der Waals surface area contributed by atoms with Crippen LogP contribution >= 0.6 is 22.7 Å². The highest BCUT2D eigenvalue weighted by Gasteiger charge is 2.33. The Morgan fingerprint density at radius 2 is 1.88 bits per heavy atom. The molecule has 5 nitrogen and oxygen atoms in total. The van der Waals surface area contributed by atoms with Crippen molar-refractivity contribution in [2.24, 2.45) is 4.99 Å². The van der Waals surface area contributed by atoms with Gasteiger partial charge in [0.25, 0.3) is 0 Å². The van der Waals surface area contributed by atoms with Gasteiger partial charge in [-0.15, -0.1) is 22.7 Å². The van der Waals surface area contributed by atoms with Crippen LogP contribution in [0.4, 0.5) is 13.2 Å². The molecule has 0 aliphatic rings. The smallest absolute Gasteiger partial charge is 0.356 e. The lowest BCUT2D eigenvalue weighted by molar-refractivity contribution is -0.140. The quantitative estimate of drug-likeness (QED) is 0.562. The van der Waals surface area contributed by atoms with E-state index in [9.17, 15) is 13.2 Å². The van der Waals surface area contributed by atoms with Gasteiger partial charge in [0.15, 0.2) is 11.7 Å². The summed E-state index contributed by atoms with van der Waals surface area (Å²) in [5.41, 5.74) is -0.829. The molecule has 10 heteroatoms. The number of thiazole rings is 2. The molecule has 138 valence electrons. The van der Waals surface area contributed by atoms with Crippen molar-refractivity contribution in [2.45, 2.75) is 32.4 Å². The van der Waals surface area contributed by atoms with Crippen LogP contribution in [0.2, 0.25) is 0 Å². The van der Waals surface area contributed by atoms with E-state index in [0.717, 1.165) is 34.6 Å². The number of hydrogen-bond acceptors (Lipinski definition) is 5. The van der Waals surface area contributed by atoms with Crippen molar-refractivity contribution < 1.29 is 13.2 Å². The molecule has 0 unspecified atom stereocenters. The molecule has 0 saturated carbocycles. The predicted molar refractivity (Wildman–Crippen MR) is 95.4 cm³/mol. The van der Waals surface area contributed by atoms with Gasteiger partial charge in [-0.3, -0.25) is 4.99 Å². The third kappa shape index (κ3) is 6.28. The third-order valence-corrected chi connectivity index (χ3v) is 5.39. The average Bonchev–Trinajstić information content (AvgIpc) is 3.22. The van der Waals surface area contributed by atoms with Gasteiger partial charge in [-0.05, 0) is 6.42 Å². The second kappa shape index (κ2) is 9.14. The van der Waals surface area contributed by atoms with Crippen molar-refractivity contribution in [1.29, 1.82) is 0 Å². The van der Waals surface area contributed by atoms with Gasteiger partial charge >= 0.3 is 6.18 Å². The summed E-state index contributed by atoms with van der Waals surface area (Å²) in [5.74, 6) is 0.611. The average molecular weight is 391 g/mol. The number of rotatable bonds is 7. The number of alkyl halides is 3. The molecule has 0 radical (unpaired) electrons. The van der Waals surface area contributed by atoms with Crippen molar-refractivity contribution in [3.63, 3.8) is 0 Å². The van der Waals surface area contributed by atoms with Gasteiger partial charge in [0, 0.05) is 49.4 Å². The maximum atomic E-state index is 12.5. The molecule has 0 aliphatic carbocycles. The molecule has 0 atom stereocenters. The molecule has 2 N–H and O–H groups in total. The van der Waals surface area contributed by atoms with Crippen molar-refractivity contribution in [3.8, 4) is 0 Å². The van der Waals surface area contributed by atoms with Crippen LogP contribution in [-0.2, 0) is 25.4 Å². The van der Waals surface area contributed by atoms with E-state index in [4.69, 9.17) is 0 Å². The zero-order valence-corrected chi connectivity index (χ0v) is 15.6. The maximum absolute atomic E-state index is 12.5. The largest absolute Gasteiger partial charge is 0.434 e. The van der Waals surface area contributed by atoms with Crippen molar-refractivity contribution >= 4 is 28.6 Å². The van der Waals surface area contributed by atoms with Gasteiger partial charge in [-0.25, -0.2) is 9.97 Å². The van der Waals surface area contributed by atoms with E-state index >= 15 is 0 Å². The molecule has 2 heterocycles. The zero-order valence-electron chi connectivity index (χ0n) is 14.0. The van der Waals surface area contributed by atoms with Crippen LogP contribution in [0.15, 0.2) is 16.6 Å². The first-order chi connectivity index (χ1) is 11.9. The number of aryl methyl sites for hydroxylation is 1. The summed E-state index contributed by atoms with van der Waals surface area (Å²) in [6, 6.07) is 0. The monoisotopic (exact) mass is 391 g/mol. The fourth-order valence-electron chi connectivity index (χ4n) is 1.98. The van der Waals surface area contributed by atoms with Gasteiger partial charge in [0.1, 0.15) is 0 Å². The second-order valence-electron chi connectivity index (χ2n) is 5.12. The molecular formula is C15H20F3N5S2. The summed E-state index contributed by atoms with van der Waals surface area (Å²) in [7, 11) is 1.65. The van der Waals surface area contributed by atoms with Crippen LogP contribution < -0.4 is 10.6 Å². The lowest BCUT2D eigenvalue weighted by atomic mass is 10.4. The Balaban J connectivity index is 1.70. The summed E-state index contributed by atoms with van der Waals surface area (Å²) >= 11 is 2.72. The van der Waals surface area contributed by atoms with Gasteiger partial charge < -0.3 is 10.6 Å². The minimum atomic E-state index is -4.38. The van der Waals surface area contributed by atoms with Gasteiger partial charge in [-0.1, -0.05) is 6.92 Å². The standard InChI is InChI=1S/C15H20F3N5S2/c1-3-10-8-22-12(25-10)4-6-20-14(19-2)21-7-5-13-23-11(9-24-13)15(16,17)18/h8-9H,3-7H2,1-2H3,(H2,19,20,21). The van der Waals surface area contributed by atoms with E-state index in [-0.39, 0.29) is 0 Å². The fourth-order valence-corrected chi connectivity index (χ4v) is 3.65. The molecule has 0 aliphatic heterocycles. The first-order valence-corrected chi connectivity index (χ1v) is 9.51. The Bertz CT molecular complexity index is 693. The lowest BCUT2D eigenvalue weighted by Gasteiger charge is -2.10. The van der Waals surface area contributed by atoms with Crippen molar-refractivity contribution in [1.82, 2.24) is 20.6 Å². The number of hydrogen-bond donors (Lipinski definition) is 2. The predicted octanol–water partition coefficient (Wildman–Crippen LogP) is 3.13. The number of halogens is 3. The maximum Gasteiger partial charge on any atom is 0.434 e. The topological polar surface area (TPSA) is 62.2 Å². The van der Waals surface area contributed by atoms with Crippen molar-refractivity contribution in [2.75, 3.05) is 20.1 Å². The SMILES string of the molecule is CCc1cnc(CCNC(=NC)NCCc2nc(C(F)(F)F)cs2)s1. The van der Waals surface area contributed by atoms with E-state index in [0.29, 0.717) is 30.5 Å². The summed E-state index contributed by atoms with van der Waals surface area (Å²) in [6.45, 7) is 3.24. The molecule has 2 rings (SSSR count). The van der Waals surface area contributed by atoms with Crippen LogP contribution in [0.1, 0.15) is 27.5 Å². The minimum Gasteiger partial charge on any atom is -0.356 e. The van der Waals surface area contributed by atoms with Gasteiger partial charge in [0.2, 0.25) is 0 Å². The molecule has 0 aromatic carbocycles. The number of nitrogens with zero attached hydrogens (tertiary/aromatic N) is 3. The Hall–Kier alpha value is -1.68. The zero-order chi connectivity index (χ0) is 18.3. The molecule has 0 spiro atoms. The Morgan fingerprint density at radius 3 is 2.40 bits per heavy atom. The molecule has 0 amide bonds. The number of nitrogens with one attached hydrogen (secondary N) is 2. The molecular weight excluding hydrogens is 371 g/mol. The fraction of sp³-hybridized carbons (Fsp3) is 0.533. The van der Waals surface area contributed by atoms with Crippen LogP contribution in [0.3, 0.4) is 0 Å². The Labute approximate surface area is 152 Å². The number of guanidine groups is 1. The number of aliphatic imine (C=N–C) groups is 1. The molecule has 0 saturated heterocycles. The van der Waals surface area contributed by atoms with E-state index in [1.54, 1.807) is 18.4 Å². The van der Waals surface area contributed by atoms with E-state index < -0.39 is 11.9 Å². The molecule has 0 bridgehead atoms. The van der Waals surface area contributed by atoms with Crippen LogP contribution in [-0.4, -0.2) is 36.1 Å². The van der Waals surface area contributed by atoms with Crippen LogP contribution in [0.5, 0.6) is 0 Å². The molecule has 0 fully saturated rings. The highest BCUT2D eigenvalue weighted by atomic mass is 32.1. The Kier molecular flexibility index (Phi) is 7.18. The highest BCUT2D eigenvalue weighted by Crippen LogP contribution is 2.29. The summed E-state index contributed by atoms with van der Waals surface area (Å²) in [5, 5.41) is 8.81. The highest BCUT2D eigenvalue weighted by molar-refractivity contribution is 7.11. The van der Waals surface area contributed by atoms with Gasteiger partial charge in [0.05, 0.1) is 10.0 Å². The van der Waals surface area contributed by atoms with Crippen LogP contribution in [0.25, 0.3) is 0 Å². The second-order valence-corrected chi connectivity index (χ2v) is 7.27. The normalized spacial score (nSPS) is 12.4. The lowest BCUT2D eigenvalue weighted by Crippen LogP contribution is -2.39. The van der Waals surface area contributed by atoms with E-state index in [2.05, 4.69) is 32.5 Å². The van der Waals surface area contributed by atoms with E-state index in [1.807, 2.05) is 6.20 Å². The van der Waals surface area contributed by atoms with E-state index in [1.165, 1.54) is 4.88 Å². The summed E-state index contributed by atoms with van der Waals surface area (Å²) < 4.78 is 37.5.